The number of benzene rings is 1. The van der Waals surface area contributed by atoms with Crippen LogP contribution in [0.2, 0.25) is 0 Å². The molecule has 2 rings (SSSR count). The fourth-order valence-electron chi connectivity index (χ4n) is 2.23. The van der Waals surface area contributed by atoms with Crippen molar-refractivity contribution >= 4 is 28.7 Å². The summed E-state index contributed by atoms with van der Waals surface area (Å²) < 4.78 is 0. The Labute approximate surface area is 131 Å². The van der Waals surface area contributed by atoms with Crippen molar-refractivity contribution in [2.45, 2.75) is 30.9 Å². The van der Waals surface area contributed by atoms with Gasteiger partial charge in [-0.2, -0.15) is 11.8 Å². The van der Waals surface area contributed by atoms with Gasteiger partial charge in [-0.3, -0.25) is 4.99 Å². The summed E-state index contributed by atoms with van der Waals surface area (Å²) in [5.74, 6) is 1.30. The van der Waals surface area contributed by atoms with Crippen LogP contribution >= 0.6 is 23.5 Å². The van der Waals surface area contributed by atoms with Crippen LogP contribution in [-0.2, 0) is 0 Å². The zero-order valence-corrected chi connectivity index (χ0v) is 13.8. The van der Waals surface area contributed by atoms with E-state index in [1.165, 1.54) is 37.0 Å². The van der Waals surface area contributed by atoms with E-state index < -0.39 is 0 Å². The van der Waals surface area contributed by atoms with Crippen LogP contribution in [0.5, 0.6) is 0 Å². The predicted octanol–water partition coefficient (Wildman–Crippen LogP) is 4.34. The molecule has 0 amide bonds. The van der Waals surface area contributed by atoms with Gasteiger partial charge in [-0.25, -0.2) is 0 Å². The number of amidine groups is 1. The highest BCUT2D eigenvalue weighted by molar-refractivity contribution is 8.14. The van der Waals surface area contributed by atoms with Crippen LogP contribution in [0, 0.1) is 0 Å². The third-order valence-corrected chi connectivity index (χ3v) is 5.28. The third kappa shape index (κ3) is 5.41. The maximum absolute atomic E-state index is 4.61. The molecule has 0 fully saturated rings. The molecule has 1 aliphatic rings. The van der Waals surface area contributed by atoms with Gasteiger partial charge in [0, 0.05) is 6.54 Å². The van der Waals surface area contributed by atoms with E-state index in [1.807, 2.05) is 23.5 Å². The number of nitrogens with one attached hydrogen (secondary N) is 1. The molecule has 0 aromatic heterocycles. The number of hydrogen-bond donors (Lipinski definition) is 1. The molecule has 1 heterocycles. The topological polar surface area (TPSA) is 24.4 Å². The first-order valence-electron chi connectivity index (χ1n) is 7.39. The molecule has 0 saturated heterocycles. The average molecular weight is 309 g/mol. The van der Waals surface area contributed by atoms with E-state index in [0.29, 0.717) is 5.25 Å². The van der Waals surface area contributed by atoms with Gasteiger partial charge in [0.2, 0.25) is 0 Å². The zero-order valence-electron chi connectivity index (χ0n) is 12.2. The lowest BCUT2D eigenvalue weighted by molar-refractivity contribution is 0.659. The SMILES string of the molecule is CSCCCCCCNC1=NCC(c2ccccc2)S1. The minimum absolute atomic E-state index is 0.500. The maximum Gasteiger partial charge on any atom is 0.157 e. The fourth-order valence-corrected chi connectivity index (χ4v) is 3.77. The Balaban J connectivity index is 1.57. The minimum atomic E-state index is 0.500. The molecular formula is C16H24N2S2. The van der Waals surface area contributed by atoms with Crippen LogP contribution in [0.25, 0.3) is 0 Å². The molecule has 2 nitrogen and oxygen atoms in total. The van der Waals surface area contributed by atoms with Crippen molar-refractivity contribution in [3.8, 4) is 0 Å². The van der Waals surface area contributed by atoms with Gasteiger partial charge in [-0.15, -0.1) is 0 Å². The molecule has 0 spiro atoms. The van der Waals surface area contributed by atoms with E-state index in [2.05, 4.69) is 46.9 Å². The Bertz CT molecular complexity index is 406. The lowest BCUT2D eigenvalue weighted by atomic mass is 10.1. The number of unbranched alkanes of at least 4 members (excludes halogenated alkanes) is 3. The van der Waals surface area contributed by atoms with Crippen LogP contribution in [0.15, 0.2) is 35.3 Å². The van der Waals surface area contributed by atoms with Gasteiger partial charge in [0.25, 0.3) is 0 Å². The van der Waals surface area contributed by atoms with Crippen molar-refractivity contribution in [3.63, 3.8) is 0 Å². The Hall–Kier alpha value is -0.610. The normalized spacial score (nSPS) is 18.1. The Kier molecular flexibility index (Phi) is 7.37. The van der Waals surface area contributed by atoms with E-state index in [9.17, 15) is 0 Å². The number of thioether (sulfide) groups is 2. The second kappa shape index (κ2) is 9.35. The van der Waals surface area contributed by atoms with Crippen molar-refractivity contribution in [1.82, 2.24) is 5.32 Å². The van der Waals surface area contributed by atoms with E-state index in [4.69, 9.17) is 0 Å². The summed E-state index contributed by atoms with van der Waals surface area (Å²) in [7, 11) is 0. The van der Waals surface area contributed by atoms with Gasteiger partial charge in [-0.1, -0.05) is 54.9 Å². The fraction of sp³-hybridized carbons (Fsp3) is 0.562. The average Bonchev–Trinajstić information content (AvgIpc) is 2.96. The molecule has 20 heavy (non-hydrogen) atoms. The van der Waals surface area contributed by atoms with E-state index in [0.717, 1.165) is 18.3 Å². The Morgan fingerprint density at radius 1 is 1.20 bits per heavy atom. The number of nitrogens with zero attached hydrogens (tertiary/aromatic N) is 1. The van der Waals surface area contributed by atoms with Crippen molar-refractivity contribution in [2.75, 3.05) is 25.1 Å². The first-order valence-corrected chi connectivity index (χ1v) is 9.66. The van der Waals surface area contributed by atoms with Gasteiger partial charge in [0.05, 0.1) is 11.8 Å². The molecule has 0 saturated carbocycles. The van der Waals surface area contributed by atoms with E-state index in [1.54, 1.807) is 0 Å². The van der Waals surface area contributed by atoms with Gasteiger partial charge in [0.1, 0.15) is 0 Å². The maximum atomic E-state index is 4.61. The smallest absolute Gasteiger partial charge is 0.157 e. The second-order valence-corrected chi connectivity index (χ2v) is 7.17. The van der Waals surface area contributed by atoms with Gasteiger partial charge < -0.3 is 5.32 Å². The molecule has 1 aliphatic heterocycles. The third-order valence-electron chi connectivity index (χ3n) is 3.38. The van der Waals surface area contributed by atoms with Crippen molar-refractivity contribution < 1.29 is 0 Å². The summed E-state index contributed by atoms with van der Waals surface area (Å²) in [4.78, 5) is 4.61. The number of aliphatic imine (C=N–C) groups is 1. The molecule has 0 radical (unpaired) electrons. The monoisotopic (exact) mass is 308 g/mol. The summed E-state index contributed by atoms with van der Waals surface area (Å²) in [6.45, 7) is 1.97. The quantitative estimate of drug-likeness (QED) is 0.723. The van der Waals surface area contributed by atoms with Crippen molar-refractivity contribution in [3.05, 3.63) is 35.9 Å². The first kappa shape index (κ1) is 15.8. The molecule has 4 heteroatoms. The second-order valence-electron chi connectivity index (χ2n) is 5.00. The molecule has 1 atom stereocenters. The molecule has 0 bridgehead atoms. The van der Waals surface area contributed by atoms with Crippen LogP contribution in [0.1, 0.15) is 36.5 Å². The summed E-state index contributed by atoms with van der Waals surface area (Å²) >= 11 is 3.82. The van der Waals surface area contributed by atoms with Gasteiger partial charge in [-0.05, 0) is 30.4 Å². The van der Waals surface area contributed by atoms with Crippen LogP contribution < -0.4 is 5.32 Å². The molecule has 1 unspecified atom stereocenters. The van der Waals surface area contributed by atoms with Gasteiger partial charge >= 0.3 is 0 Å². The Morgan fingerprint density at radius 2 is 2.00 bits per heavy atom. The van der Waals surface area contributed by atoms with Crippen LogP contribution in [0.4, 0.5) is 0 Å². The highest BCUT2D eigenvalue weighted by Gasteiger charge is 2.20. The summed E-state index contributed by atoms with van der Waals surface area (Å²) in [6, 6.07) is 10.7. The standard InChI is InChI=1S/C16H24N2S2/c1-19-12-8-3-2-7-11-17-16-18-13-15(20-16)14-9-5-4-6-10-14/h4-6,9-10,15H,2-3,7-8,11-13H2,1H3,(H,17,18). The molecule has 0 aliphatic carbocycles. The zero-order chi connectivity index (χ0) is 14.0. The summed E-state index contributed by atoms with van der Waals surface area (Å²) in [5.41, 5.74) is 1.38. The highest BCUT2D eigenvalue weighted by atomic mass is 32.2. The molecule has 1 aromatic carbocycles. The van der Waals surface area contributed by atoms with E-state index in [-0.39, 0.29) is 0 Å². The molecule has 1 aromatic rings. The first-order chi connectivity index (χ1) is 9.90. The number of rotatable bonds is 8. The summed E-state index contributed by atoms with van der Waals surface area (Å²) in [6.07, 6.45) is 7.47. The summed E-state index contributed by atoms with van der Waals surface area (Å²) in [5, 5.41) is 5.11. The lowest BCUT2D eigenvalue weighted by Gasteiger charge is -2.09. The minimum Gasteiger partial charge on any atom is -0.365 e. The highest BCUT2D eigenvalue weighted by Crippen LogP contribution is 2.34. The van der Waals surface area contributed by atoms with Crippen molar-refractivity contribution in [2.24, 2.45) is 4.99 Å². The van der Waals surface area contributed by atoms with Crippen molar-refractivity contribution in [1.29, 1.82) is 0 Å². The lowest BCUT2D eigenvalue weighted by Crippen LogP contribution is -2.20. The number of hydrogen-bond acceptors (Lipinski definition) is 4. The van der Waals surface area contributed by atoms with Crippen LogP contribution in [0.3, 0.4) is 0 Å². The molecular weight excluding hydrogens is 284 g/mol. The predicted molar refractivity (Wildman–Crippen MR) is 93.9 cm³/mol. The van der Waals surface area contributed by atoms with Crippen LogP contribution in [-0.4, -0.2) is 30.3 Å². The largest absolute Gasteiger partial charge is 0.365 e. The Morgan fingerprint density at radius 3 is 2.80 bits per heavy atom. The molecule has 1 N–H and O–H groups in total. The molecule has 110 valence electrons. The van der Waals surface area contributed by atoms with Gasteiger partial charge in [0.15, 0.2) is 5.17 Å². The van der Waals surface area contributed by atoms with E-state index >= 15 is 0 Å².